The van der Waals surface area contributed by atoms with Crippen LogP contribution in [-0.4, -0.2) is 23.8 Å². The summed E-state index contributed by atoms with van der Waals surface area (Å²) in [6.07, 6.45) is 0. The fourth-order valence-corrected chi connectivity index (χ4v) is 2.18. The van der Waals surface area contributed by atoms with Gasteiger partial charge in [-0.1, -0.05) is 29.8 Å². The van der Waals surface area contributed by atoms with Crippen LogP contribution >= 0.6 is 11.6 Å². The zero-order valence-corrected chi connectivity index (χ0v) is 13.5. The molecule has 0 aromatic heterocycles. The number of carbonyl (C=O) groups excluding carboxylic acids is 2. The first-order valence-electron chi connectivity index (χ1n) is 6.94. The van der Waals surface area contributed by atoms with E-state index in [9.17, 15) is 14.0 Å². The van der Waals surface area contributed by atoms with Crippen molar-refractivity contribution in [2.75, 3.05) is 12.4 Å². The average Bonchev–Trinajstić information content (AvgIpc) is 2.51. The Morgan fingerprint density at radius 2 is 1.91 bits per heavy atom. The molecule has 0 aliphatic carbocycles. The van der Waals surface area contributed by atoms with E-state index in [4.69, 9.17) is 11.6 Å². The monoisotopic (exact) mass is 334 g/mol. The number of nitrogens with zero attached hydrogens (tertiary/aromatic N) is 1. The molecule has 0 radical (unpaired) electrons. The van der Waals surface area contributed by atoms with E-state index >= 15 is 0 Å². The second kappa shape index (κ2) is 7.24. The Morgan fingerprint density at radius 1 is 1.22 bits per heavy atom. The van der Waals surface area contributed by atoms with Gasteiger partial charge in [-0.3, -0.25) is 9.59 Å². The van der Waals surface area contributed by atoms with Crippen LogP contribution in [-0.2, 0) is 11.3 Å². The van der Waals surface area contributed by atoms with Crippen molar-refractivity contribution in [2.45, 2.75) is 13.5 Å². The van der Waals surface area contributed by atoms with Crippen LogP contribution in [0.15, 0.2) is 42.5 Å². The summed E-state index contributed by atoms with van der Waals surface area (Å²) in [6, 6.07) is 10.8. The van der Waals surface area contributed by atoms with Crippen LogP contribution in [0, 0.1) is 5.82 Å². The van der Waals surface area contributed by atoms with Gasteiger partial charge in [0.1, 0.15) is 5.82 Å². The minimum absolute atomic E-state index is 0.0907. The third-order valence-corrected chi connectivity index (χ3v) is 3.62. The van der Waals surface area contributed by atoms with Crippen LogP contribution in [0.1, 0.15) is 22.8 Å². The van der Waals surface area contributed by atoms with Crippen molar-refractivity contribution in [1.82, 2.24) is 4.90 Å². The molecule has 2 rings (SSSR count). The van der Waals surface area contributed by atoms with Crippen molar-refractivity contribution in [2.24, 2.45) is 0 Å². The molecule has 2 aromatic carbocycles. The number of halogens is 2. The lowest BCUT2D eigenvalue weighted by atomic mass is 10.1. The highest BCUT2D eigenvalue weighted by molar-refractivity contribution is 6.31. The van der Waals surface area contributed by atoms with E-state index in [-0.39, 0.29) is 16.5 Å². The van der Waals surface area contributed by atoms with Gasteiger partial charge in [-0.2, -0.15) is 0 Å². The minimum atomic E-state index is -0.648. The summed E-state index contributed by atoms with van der Waals surface area (Å²) in [5, 5.41) is 2.94. The first kappa shape index (κ1) is 17.0. The molecular weight excluding hydrogens is 319 g/mol. The number of rotatable bonds is 4. The standard InChI is InChI=1S/C17H16ClFN2O2/c1-11(22)21(2)10-12-5-3-4-6-16(12)20-17(23)14-9-13(18)7-8-15(14)19/h3-9H,10H2,1-2H3,(H,20,23). The normalized spacial score (nSPS) is 10.3. The molecule has 0 aliphatic heterocycles. The quantitative estimate of drug-likeness (QED) is 0.926. The van der Waals surface area contributed by atoms with Gasteiger partial charge < -0.3 is 10.2 Å². The predicted molar refractivity (Wildman–Crippen MR) is 88.0 cm³/mol. The maximum atomic E-state index is 13.8. The highest BCUT2D eigenvalue weighted by Gasteiger charge is 2.15. The van der Waals surface area contributed by atoms with E-state index in [0.29, 0.717) is 12.2 Å². The Balaban J connectivity index is 2.24. The van der Waals surface area contributed by atoms with Crippen molar-refractivity contribution < 1.29 is 14.0 Å². The Kier molecular flexibility index (Phi) is 5.34. The van der Waals surface area contributed by atoms with Crippen molar-refractivity contribution in [3.63, 3.8) is 0 Å². The molecule has 0 heterocycles. The Hall–Kier alpha value is -2.40. The summed E-state index contributed by atoms with van der Waals surface area (Å²) in [7, 11) is 1.66. The molecule has 2 amide bonds. The largest absolute Gasteiger partial charge is 0.342 e. The van der Waals surface area contributed by atoms with Crippen LogP contribution in [0.2, 0.25) is 5.02 Å². The van der Waals surface area contributed by atoms with Gasteiger partial charge in [-0.25, -0.2) is 4.39 Å². The molecule has 6 heteroatoms. The zero-order valence-electron chi connectivity index (χ0n) is 12.8. The van der Waals surface area contributed by atoms with E-state index < -0.39 is 11.7 Å². The van der Waals surface area contributed by atoms with Crippen LogP contribution in [0.5, 0.6) is 0 Å². The van der Waals surface area contributed by atoms with Crippen LogP contribution in [0.3, 0.4) is 0 Å². The molecule has 4 nitrogen and oxygen atoms in total. The second-order valence-corrected chi connectivity index (χ2v) is 5.55. The van der Waals surface area contributed by atoms with E-state index in [1.54, 1.807) is 31.3 Å². The molecule has 0 saturated carbocycles. The molecular formula is C17H16ClFN2O2. The van der Waals surface area contributed by atoms with E-state index in [2.05, 4.69) is 5.32 Å². The fourth-order valence-electron chi connectivity index (χ4n) is 2.01. The molecule has 0 bridgehead atoms. The van der Waals surface area contributed by atoms with Gasteiger partial charge >= 0.3 is 0 Å². The van der Waals surface area contributed by atoms with Gasteiger partial charge in [0.15, 0.2) is 0 Å². The summed E-state index contributed by atoms with van der Waals surface area (Å²) in [4.78, 5) is 25.1. The van der Waals surface area contributed by atoms with Gasteiger partial charge in [0.05, 0.1) is 5.56 Å². The maximum Gasteiger partial charge on any atom is 0.258 e. The molecule has 0 unspecified atom stereocenters. The molecule has 0 saturated heterocycles. The number of carbonyl (C=O) groups is 2. The van der Waals surface area contributed by atoms with Crippen molar-refractivity contribution in [3.8, 4) is 0 Å². The second-order valence-electron chi connectivity index (χ2n) is 5.11. The van der Waals surface area contributed by atoms with E-state index in [0.717, 1.165) is 11.6 Å². The van der Waals surface area contributed by atoms with Crippen LogP contribution < -0.4 is 5.32 Å². The summed E-state index contributed by atoms with van der Waals surface area (Å²) in [6.45, 7) is 1.80. The Morgan fingerprint density at radius 3 is 2.61 bits per heavy atom. The molecule has 0 spiro atoms. The van der Waals surface area contributed by atoms with Crippen molar-refractivity contribution in [3.05, 3.63) is 64.4 Å². The first-order chi connectivity index (χ1) is 10.9. The lowest BCUT2D eigenvalue weighted by Gasteiger charge is -2.18. The molecule has 0 fully saturated rings. The smallest absolute Gasteiger partial charge is 0.258 e. The summed E-state index contributed by atoms with van der Waals surface area (Å²) >= 11 is 5.81. The maximum absolute atomic E-state index is 13.8. The van der Waals surface area contributed by atoms with Crippen molar-refractivity contribution in [1.29, 1.82) is 0 Å². The Labute approximate surface area is 138 Å². The number of nitrogens with one attached hydrogen (secondary N) is 1. The fraction of sp³-hybridized carbons (Fsp3) is 0.176. The number of benzene rings is 2. The third kappa shape index (κ3) is 4.29. The topological polar surface area (TPSA) is 49.4 Å². The van der Waals surface area contributed by atoms with E-state index in [1.165, 1.54) is 24.0 Å². The highest BCUT2D eigenvalue weighted by atomic mass is 35.5. The zero-order chi connectivity index (χ0) is 17.0. The third-order valence-electron chi connectivity index (χ3n) is 3.38. The predicted octanol–water partition coefficient (Wildman–Crippen LogP) is 3.71. The minimum Gasteiger partial charge on any atom is -0.342 e. The van der Waals surface area contributed by atoms with E-state index in [1.807, 2.05) is 0 Å². The molecule has 1 N–H and O–H groups in total. The first-order valence-corrected chi connectivity index (χ1v) is 7.32. The summed E-state index contributed by atoms with van der Waals surface area (Å²) < 4.78 is 13.8. The van der Waals surface area contributed by atoms with Gasteiger partial charge in [0, 0.05) is 31.2 Å². The van der Waals surface area contributed by atoms with Crippen LogP contribution in [0.25, 0.3) is 0 Å². The molecule has 23 heavy (non-hydrogen) atoms. The molecule has 120 valence electrons. The van der Waals surface area contributed by atoms with Crippen LogP contribution in [0.4, 0.5) is 10.1 Å². The molecule has 0 aliphatic rings. The SMILES string of the molecule is CC(=O)N(C)Cc1ccccc1NC(=O)c1cc(Cl)ccc1F. The van der Waals surface area contributed by atoms with Gasteiger partial charge in [0.25, 0.3) is 5.91 Å². The lowest BCUT2D eigenvalue weighted by Crippen LogP contribution is -2.24. The highest BCUT2D eigenvalue weighted by Crippen LogP contribution is 2.20. The number of para-hydroxylation sites is 1. The van der Waals surface area contributed by atoms with Gasteiger partial charge in [-0.15, -0.1) is 0 Å². The lowest BCUT2D eigenvalue weighted by molar-refractivity contribution is -0.128. The van der Waals surface area contributed by atoms with Crippen molar-refractivity contribution >= 4 is 29.1 Å². The number of hydrogen-bond acceptors (Lipinski definition) is 2. The number of amides is 2. The molecule has 2 aromatic rings. The number of hydrogen-bond donors (Lipinski definition) is 1. The average molecular weight is 335 g/mol. The van der Waals surface area contributed by atoms with Gasteiger partial charge in [0.2, 0.25) is 5.91 Å². The van der Waals surface area contributed by atoms with Gasteiger partial charge in [-0.05, 0) is 29.8 Å². The molecule has 0 atom stereocenters. The number of anilines is 1. The summed E-state index contributed by atoms with van der Waals surface area (Å²) in [5.74, 6) is -1.33. The Bertz CT molecular complexity index is 749. The summed E-state index contributed by atoms with van der Waals surface area (Å²) in [5.41, 5.74) is 1.14.